The number of anilines is 1. The summed E-state index contributed by atoms with van der Waals surface area (Å²) in [6, 6.07) is 20.3. The van der Waals surface area contributed by atoms with Crippen LogP contribution in [0.2, 0.25) is 0 Å². The minimum atomic E-state index is -0.519. The Hall–Kier alpha value is -3.80. The standard InChI is InChI=1S/C25H24N2O4/c1-16-6-3-4-9-22(16)31-23-14-20(30-2)10-11-21(23)18-13-24(28)27(15-18)19-8-5-7-17(12-19)25(26)29/h3-12,14,18H,13,15H2,1-2H3,(H2,26,29). The fourth-order valence-corrected chi connectivity index (χ4v) is 3.85. The van der Waals surface area contributed by atoms with Crippen LogP contribution in [0.4, 0.5) is 5.69 Å². The molecular formula is C25H24N2O4. The van der Waals surface area contributed by atoms with Crippen LogP contribution in [-0.4, -0.2) is 25.5 Å². The van der Waals surface area contributed by atoms with E-state index in [9.17, 15) is 9.59 Å². The van der Waals surface area contributed by atoms with Gasteiger partial charge in [0.1, 0.15) is 17.2 Å². The molecule has 1 saturated heterocycles. The molecular weight excluding hydrogens is 392 g/mol. The van der Waals surface area contributed by atoms with Crippen LogP contribution in [0, 0.1) is 6.92 Å². The first-order chi connectivity index (χ1) is 15.0. The quantitative estimate of drug-likeness (QED) is 0.645. The number of para-hydroxylation sites is 1. The number of hydrogen-bond acceptors (Lipinski definition) is 4. The van der Waals surface area contributed by atoms with Crippen LogP contribution in [0.25, 0.3) is 0 Å². The molecule has 0 bridgehead atoms. The van der Waals surface area contributed by atoms with Gasteiger partial charge in [-0.1, -0.05) is 30.3 Å². The van der Waals surface area contributed by atoms with Gasteiger partial charge in [-0.05, 0) is 42.8 Å². The van der Waals surface area contributed by atoms with E-state index in [-0.39, 0.29) is 11.8 Å². The highest BCUT2D eigenvalue weighted by molar-refractivity contribution is 5.99. The predicted molar refractivity (Wildman–Crippen MR) is 119 cm³/mol. The van der Waals surface area contributed by atoms with Crippen LogP contribution >= 0.6 is 0 Å². The highest BCUT2D eigenvalue weighted by atomic mass is 16.5. The lowest BCUT2D eigenvalue weighted by molar-refractivity contribution is -0.117. The maximum Gasteiger partial charge on any atom is 0.248 e. The molecule has 1 fully saturated rings. The van der Waals surface area contributed by atoms with Gasteiger partial charge in [0.25, 0.3) is 0 Å². The van der Waals surface area contributed by atoms with Crippen LogP contribution < -0.4 is 20.1 Å². The zero-order valence-corrected chi connectivity index (χ0v) is 17.5. The second kappa shape index (κ2) is 8.52. The molecule has 2 amide bonds. The Kier molecular flexibility index (Phi) is 5.62. The van der Waals surface area contributed by atoms with Crippen molar-refractivity contribution in [2.45, 2.75) is 19.3 Å². The fraction of sp³-hybridized carbons (Fsp3) is 0.200. The zero-order valence-electron chi connectivity index (χ0n) is 17.5. The van der Waals surface area contributed by atoms with Crippen molar-refractivity contribution in [1.82, 2.24) is 0 Å². The molecule has 0 saturated carbocycles. The monoisotopic (exact) mass is 416 g/mol. The van der Waals surface area contributed by atoms with Gasteiger partial charge in [-0.25, -0.2) is 0 Å². The Morgan fingerprint density at radius 3 is 2.58 bits per heavy atom. The largest absolute Gasteiger partial charge is 0.497 e. The van der Waals surface area contributed by atoms with E-state index in [0.717, 1.165) is 16.9 Å². The SMILES string of the molecule is COc1ccc(C2CC(=O)N(c3cccc(C(N)=O)c3)C2)c(Oc2ccccc2C)c1. The average molecular weight is 416 g/mol. The summed E-state index contributed by atoms with van der Waals surface area (Å²) in [5, 5.41) is 0. The number of rotatable bonds is 6. The zero-order chi connectivity index (χ0) is 22.0. The lowest BCUT2D eigenvalue weighted by Crippen LogP contribution is -2.24. The maximum absolute atomic E-state index is 12.8. The summed E-state index contributed by atoms with van der Waals surface area (Å²) in [5.74, 6) is 1.52. The third-order valence-electron chi connectivity index (χ3n) is 5.54. The Bertz CT molecular complexity index is 1140. The van der Waals surface area contributed by atoms with E-state index in [1.165, 1.54) is 0 Å². The van der Waals surface area contributed by atoms with Gasteiger partial charge in [-0.15, -0.1) is 0 Å². The number of primary amides is 1. The molecule has 1 heterocycles. The second-order valence-corrected chi connectivity index (χ2v) is 7.59. The van der Waals surface area contributed by atoms with E-state index in [2.05, 4.69) is 0 Å². The minimum absolute atomic E-state index is 0.00993. The van der Waals surface area contributed by atoms with Gasteiger partial charge in [-0.3, -0.25) is 9.59 Å². The summed E-state index contributed by atoms with van der Waals surface area (Å²) in [7, 11) is 1.61. The minimum Gasteiger partial charge on any atom is -0.497 e. The van der Waals surface area contributed by atoms with Gasteiger partial charge in [0.15, 0.2) is 0 Å². The molecule has 2 N–H and O–H groups in total. The molecule has 1 atom stereocenters. The number of nitrogens with zero attached hydrogens (tertiary/aromatic N) is 1. The first kappa shape index (κ1) is 20.5. The average Bonchev–Trinajstić information content (AvgIpc) is 3.16. The molecule has 31 heavy (non-hydrogen) atoms. The molecule has 1 aliphatic heterocycles. The first-order valence-corrected chi connectivity index (χ1v) is 10.1. The van der Waals surface area contributed by atoms with E-state index in [4.69, 9.17) is 15.2 Å². The Labute approximate surface area is 181 Å². The Morgan fingerprint density at radius 2 is 1.84 bits per heavy atom. The summed E-state index contributed by atoms with van der Waals surface area (Å²) < 4.78 is 11.6. The van der Waals surface area contributed by atoms with E-state index in [1.54, 1.807) is 30.2 Å². The van der Waals surface area contributed by atoms with Crippen molar-refractivity contribution in [3.05, 3.63) is 83.4 Å². The third-order valence-corrected chi connectivity index (χ3v) is 5.54. The Balaban J connectivity index is 1.65. The van der Waals surface area contributed by atoms with E-state index < -0.39 is 5.91 Å². The molecule has 1 aliphatic rings. The number of amides is 2. The summed E-state index contributed by atoms with van der Waals surface area (Å²) in [5.41, 5.74) is 8.39. The van der Waals surface area contributed by atoms with Crippen LogP contribution in [0.3, 0.4) is 0 Å². The molecule has 1 unspecified atom stereocenters. The fourth-order valence-electron chi connectivity index (χ4n) is 3.85. The summed E-state index contributed by atoms with van der Waals surface area (Å²) >= 11 is 0. The lowest BCUT2D eigenvalue weighted by Gasteiger charge is -2.20. The van der Waals surface area contributed by atoms with Crippen LogP contribution in [0.5, 0.6) is 17.2 Å². The second-order valence-electron chi connectivity index (χ2n) is 7.59. The number of carbonyl (C=O) groups excluding carboxylic acids is 2. The van der Waals surface area contributed by atoms with Crippen LogP contribution in [0.1, 0.15) is 33.8 Å². The number of nitrogens with two attached hydrogens (primary N) is 1. The summed E-state index contributed by atoms with van der Waals surface area (Å²) in [4.78, 5) is 26.1. The molecule has 6 nitrogen and oxygen atoms in total. The number of benzene rings is 3. The molecule has 3 aromatic rings. The van der Waals surface area contributed by atoms with Crippen molar-refractivity contribution >= 4 is 17.5 Å². The van der Waals surface area contributed by atoms with Gasteiger partial charge in [-0.2, -0.15) is 0 Å². The normalized spacial score (nSPS) is 15.7. The number of hydrogen-bond donors (Lipinski definition) is 1. The molecule has 0 aromatic heterocycles. The lowest BCUT2D eigenvalue weighted by atomic mass is 9.97. The van der Waals surface area contributed by atoms with Gasteiger partial charge in [0.05, 0.1) is 7.11 Å². The van der Waals surface area contributed by atoms with Crippen molar-refractivity contribution in [3.8, 4) is 17.2 Å². The number of aryl methyl sites for hydroxylation is 1. The van der Waals surface area contributed by atoms with Gasteiger partial charge in [0, 0.05) is 41.8 Å². The highest BCUT2D eigenvalue weighted by Gasteiger charge is 2.33. The van der Waals surface area contributed by atoms with E-state index >= 15 is 0 Å². The van der Waals surface area contributed by atoms with E-state index in [1.807, 2.05) is 55.5 Å². The molecule has 0 aliphatic carbocycles. The highest BCUT2D eigenvalue weighted by Crippen LogP contribution is 2.40. The van der Waals surface area contributed by atoms with Gasteiger partial charge >= 0.3 is 0 Å². The first-order valence-electron chi connectivity index (χ1n) is 10.1. The topological polar surface area (TPSA) is 81.9 Å². The molecule has 4 rings (SSSR count). The van der Waals surface area contributed by atoms with Crippen molar-refractivity contribution in [1.29, 1.82) is 0 Å². The smallest absolute Gasteiger partial charge is 0.248 e. The molecule has 0 spiro atoms. The number of ether oxygens (including phenoxy) is 2. The molecule has 158 valence electrons. The van der Waals surface area contributed by atoms with Gasteiger partial charge in [0.2, 0.25) is 11.8 Å². The number of methoxy groups -OCH3 is 1. The summed E-state index contributed by atoms with van der Waals surface area (Å²) in [6.45, 7) is 2.47. The van der Waals surface area contributed by atoms with Crippen LogP contribution in [-0.2, 0) is 4.79 Å². The van der Waals surface area contributed by atoms with Gasteiger partial charge < -0.3 is 20.1 Å². The van der Waals surface area contributed by atoms with Crippen molar-refractivity contribution < 1.29 is 19.1 Å². The Morgan fingerprint density at radius 1 is 1.03 bits per heavy atom. The predicted octanol–water partition coefficient (Wildman–Crippen LogP) is 4.42. The van der Waals surface area contributed by atoms with E-state index in [0.29, 0.717) is 35.7 Å². The number of carbonyl (C=O) groups is 2. The molecule has 0 radical (unpaired) electrons. The molecule has 6 heteroatoms. The summed E-state index contributed by atoms with van der Waals surface area (Å²) in [6.07, 6.45) is 0.345. The molecule has 3 aromatic carbocycles. The van der Waals surface area contributed by atoms with Crippen molar-refractivity contribution in [3.63, 3.8) is 0 Å². The van der Waals surface area contributed by atoms with Crippen molar-refractivity contribution in [2.75, 3.05) is 18.6 Å². The van der Waals surface area contributed by atoms with Crippen molar-refractivity contribution in [2.24, 2.45) is 5.73 Å². The van der Waals surface area contributed by atoms with Crippen LogP contribution in [0.15, 0.2) is 66.7 Å². The third kappa shape index (κ3) is 4.23. The maximum atomic E-state index is 12.8.